The third-order valence-electron chi connectivity index (χ3n) is 4.57. The topological polar surface area (TPSA) is 24.5 Å². The Morgan fingerprint density at radius 3 is 2.33 bits per heavy atom. The fraction of sp³-hybridized carbons (Fsp3) is 0.625. The maximum Gasteiger partial charge on any atom is 0.573 e. The predicted octanol–water partition coefficient (Wildman–Crippen LogP) is 4.18. The molecule has 1 aromatic rings. The van der Waals surface area contributed by atoms with Crippen LogP contribution in [0.15, 0.2) is 24.3 Å². The minimum atomic E-state index is -4.64. The van der Waals surface area contributed by atoms with Crippen molar-refractivity contribution in [2.75, 3.05) is 26.2 Å². The van der Waals surface area contributed by atoms with Gasteiger partial charge in [-0.25, -0.2) is 0 Å². The van der Waals surface area contributed by atoms with Crippen molar-refractivity contribution in [3.63, 3.8) is 0 Å². The average Bonchev–Trinajstić information content (AvgIpc) is 2.42. The van der Waals surface area contributed by atoms with Crippen molar-refractivity contribution in [3.05, 3.63) is 29.8 Å². The number of hydrogen-bond acceptors (Lipinski definition) is 3. The molecule has 8 heteroatoms. The van der Waals surface area contributed by atoms with E-state index in [2.05, 4.69) is 15.0 Å². The minimum Gasteiger partial charge on any atom is -0.406 e. The molecule has 0 spiro atoms. The van der Waals surface area contributed by atoms with Gasteiger partial charge in [0.05, 0.1) is 0 Å². The minimum absolute atomic E-state index is 0. The molecule has 3 nitrogen and oxygen atoms in total. The van der Waals surface area contributed by atoms with Gasteiger partial charge < -0.3 is 10.1 Å². The lowest BCUT2D eigenvalue weighted by Gasteiger charge is -2.43. The van der Waals surface area contributed by atoms with Gasteiger partial charge in [-0.1, -0.05) is 18.6 Å². The van der Waals surface area contributed by atoms with Crippen LogP contribution in [-0.2, 0) is 0 Å². The second-order valence-electron chi connectivity index (χ2n) is 6.04. The van der Waals surface area contributed by atoms with E-state index >= 15 is 0 Å². The zero-order valence-electron chi connectivity index (χ0n) is 13.2. The second-order valence-corrected chi connectivity index (χ2v) is 6.04. The molecule has 1 heterocycles. The first-order valence-corrected chi connectivity index (χ1v) is 7.83. The molecule has 1 N–H and O–H groups in total. The van der Waals surface area contributed by atoms with Crippen LogP contribution < -0.4 is 10.1 Å². The molecule has 2 fully saturated rings. The number of alkyl halides is 3. The van der Waals surface area contributed by atoms with E-state index in [-0.39, 0.29) is 36.6 Å². The highest BCUT2D eigenvalue weighted by Crippen LogP contribution is 2.42. The van der Waals surface area contributed by atoms with E-state index in [0.717, 1.165) is 44.6 Å². The molecule has 0 bridgehead atoms. The molecule has 2 aliphatic rings. The molecule has 0 radical (unpaired) electrons. The van der Waals surface area contributed by atoms with Crippen LogP contribution in [0.25, 0.3) is 0 Å². The van der Waals surface area contributed by atoms with E-state index in [9.17, 15) is 13.2 Å². The lowest BCUT2D eigenvalue weighted by molar-refractivity contribution is -0.274. The number of benzene rings is 1. The molecule has 1 atom stereocenters. The third-order valence-corrected chi connectivity index (χ3v) is 4.57. The quantitative estimate of drug-likeness (QED) is 0.839. The van der Waals surface area contributed by atoms with Crippen LogP contribution in [-0.4, -0.2) is 37.4 Å². The van der Waals surface area contributed by atoms with Crippen LogP contribution in [0.5, 0.6) is 5.75 Å². The van der Waals surface area contributed by atoms with Gasteiger partial charge in [0.2, 0.25) is 0 Å². The Balaban J connectivity index is 0.00000144. The summed E-state index contributed by atoms with van der Waals surface area (Å²) in [6.07, 6.45) is -1.12. The molecule has 1 saturated carbocycles. The summed E-state index contributed by atoms with van der Waals surface area (Å²) in [5, 5.41) is 3.32. The highest BCUT2D eigenvalue weighted by atomic mass is 35.5. The van der Waals surface area contributed by atoms with E-state index in [4.69, 9.17) is 0 Å². The van der Waals surface area contributed by atoms with E-state index in [1.54, 1.807) is 12.1 Å². The Bertz CT molecular complexity index is 506. The second kappa shape index (κ2) is 9.13. The number of nitrogens with one attached hydrogen (secondary N) is 1. The lowest BCUT2D eigenvalue weighted by Crippen LogP contribution is -2.47. The standard InChI is InChI=1S/C16H21F3N2O.2ClH/c17-16(18,19)22-14-6-2-5-13(11-14)15(12-3-1-4-12)21-9-7-20-8-10-21;;/h2,5-6,11-12,15,20H,1,3-4,7-10H2;2*1H/t15-;;/m1../s1. The zero-order chi connectivity index (χ0) is 15.6. The molecular weight excluding hydrogens is 364 g/mol. The number of ether oxygens (including phenoxy) is 1. The molecular formula is C16H23Cl2F3N2O. The number of rotatable bonds is 4. The average molecular weight is 387 g/mol. The summed E-state index contributed by atoms with van der Waals surface area (Å²) in [7, 11) is 0. The third kappa shape index (κ3) is 5.41. The first kappa shape index (κ1) is 21.4. The molecule has 0 aromatic heterocycles. The van der Waals surface area contributed by atoms with Gasteiger partial charge in [-0.3, -0.25) is 4.90 Å². The number of piperazine rings is 1. The maximum atomic E-state index is 12.4. The van der Waals surface area contributed by atoms with Crippen LogP contribution >= 0.6 is 24.8 Å². The van der Waals surface area contributed by atoms with Crippen LogP contribution in [0.2, 0.25) is 0 Å². The summed E-state index contributed by atoms with van der Waals surface area (Å²) in [4.78, 5) is 2.40. The Hall–Kier alpha value is -0.690. The first-order chi connectivity index (χ1) is 10.5. The van der Waals surface area contributed by atoms with E-state index < -0.39 is 6.36 Å². The number of halogens is 5. The van der Waals surface area contributed by atoms with Crippen molar-refractivity contribution in [2.45, 2.75) is 31.7 Å². The fourth-order valence-corrected chi connectivity index (χ4v) is 3.39. The monoisotopic (exact) mass is 386 g/mol. The molecule has 1 saturated heterocycles. The highest BCUT2D eigenvalue weighted by Gasteiger charge is 2.35. The number of hydrogen-bond donors (Lipinski definition) is 1. The van der Waals surface area contributed by atoms with Crippen LogP contribution in [0, 0.1) is 5.92 Å². The molecule has 1 aliphatic heterocycles. The van der Waals surface area contributed by atoms with Crippen molar-refractivity contribution >= 4 is 24.8 Å². The normalized spacial score (nSPS) is 20.3. The number of nitrogens with zero attached hydrogens (tertiary/aromatic N) is 1. The van der Waals surface area contributed by atoms with Gasteiger partial charge in [0.25, 0.3) is 0 Å². The summed E-state index contributed by atoms with van der Waals surface area (Å²) >= 11 is 0. The van der Waals surface area contributed by atoms with Crippen LogP contribution in [0.3, 0.4) is 0 Å². The highest BCUT2D eigenvalue weighted by molar-refractivity contribution is 5.85. The molecule has 1 aromatic carbocycles. The Morgan fingerprint density at radius 1 is 1.12 bits per heavy atom. The van der Waals surface area contributed by atoms with Gasteiger partial charge in [-0.2, -0.15) is 0 Å². The molecule has 3 rings (SSSR count). The molecule has 0 unspecified atom stereocenters. The first-order valence-electron chi connectivity index (χ1n) is 7.83. The fourth-order valence-electron chi connectivity index (χ4n) is 3.39. The van der Waals surface area contributed by atoms with Gasteiger partial charge in [-0.15, -0.1) is 38.0 Å². The van der Waals surface area contributed by atoms with Crippen molar-refractivity contribution in [1.82, 2.24) is 10.2 Å². The van der Waals surface area contributed by atoms with E-state index in [1.165, 1.54) is 12.5 Å². The Morgan fingerprint density at radius 2 is 1.79 bits per heavy atom. The van der Waals surface area contributed by atoms with Crippen LogP contribution in [0.4, 0.5) is 13.2 Å². The van der Waals surface area contributed by atoms with Crippen molar-refractivity contribution in [2.24, 2.45) is 5.92 Å². The molecule has 0 amide bonds. The van der Waals surface area contributed by atoms with E-state index in [1.807, 2.05) is 6.07 Å². The van der Waals surface area contributed by atoms with Crippen molar-refractivity contribution in [1.29, 1.82) is 0 Å². The van der Waals surface area contributed by atoms with Gasteiger partial charge in [0.15, 0.2) is 0 Å². The smallest absolute Gasteiger partial charge is 0.406 e. The predicted molar refractivity (Wildman–Crippen MR) is 92.1 cm³/mol. The largest absolute Gasteiger partial charge is 0.573 e. The molecule has 24 heavy (non-hydrogen) atoms. The van der Waals surface area contributed by atoms with Crippen molar-refractivity contribution < 1.29 is 17.9 Å². The summed E-state index contributed by atoms with van der Waals surface area (Å²) in [5.41, 5.74) is 0.938. The maximum absolute atomic E-state index is 12.4. The van der Waals surface area contributed by atoms with Gasteiger partial charge in [-0.05, 0) is 36.5 Å². The van der Waals surface area contributed by atoms with Gasteiger partial charge in [0, 0.05) is 32.2 Å². The van der Waals surface area contributed by atoms with Crippen molar-refractivity contribution in [3.8, 4) is 5.75 Å². The van der Waals surface area contributed by atoms with Gasteiger partial charge in [0.1, 0.15) is 5.75 Å². The zero-order valence-corrected chi connectivity index (χ0v) is 14.9. The Kier molecular flexibility index (Phi) is 8.12. The van der Waals surface area contributed by atoms with Gasteiger partial charge >= 0.3 is 6.36 Å². The summed E-state index contributed by atoms with van der Waals surface area (Å²) < 4.78 is 41.4. The molecule has 138 valence electrons. The van der Waals surface area contributed by atoms with E-state index in [0.29, 0.717) is 5.92 Å². The summed E-state index contributed by atoms with van der Waals surface area (Å²) in [5.74, 6) is 0.420. The lowest BCUT2D eigenvalue weighted by atomic mass is 9.76. The molecule has 1 aliphatic carbocycles. The Labute approximate surface area is 152 Å². The SMILES string of the molecule is Cl.Cl.FC(F)(F)Oc1cccc([C@@H](C2CCC2)N2CCNCC2)c1. The summed E-state index contributed by atoms with van der Waals surface area (Å²) in [6.45, 7) is 3.74. The van der Waals surface area contributed by atoms with Crippen LogP contribution in [0.1, 0.15) is 30.9 Å². The summed E-state index contributed by atoms with van der Waals surface area (Å²) in [6, 6.07) is 6.71.